The smallest absolute Gasteiger partial charge is 0.234 e. The number of nitriles is 1. The first-order chi connectivity index (χ1) is 13.2. The molecule has 0 bridgehead atoms. The number of fused-ring (bicyclic) bond motifs is 1. The Kier molecular flexibility index (Phi) is 6.13. The van der Waals surface area contributed by atoms with Crippen LogP contribution in [-0.4, -0.2) is 29.9 Å². The molecule has 2 aromatic carbocycles. The van der Waals surface area contributed by atoms with Crippen LogP contribution in [0.2, 0.25) is 0 Å². The van der Waals surface area contributed by atoms with E-state index in [0.717, 1.165) is 26.4 Å². The standard InChI is InChI=1S/C20H18N4O2S/c21-9-8-18(25)22-10-11-23-19(26)13-20-24-16-7-6-15(12-17(16)27-20)14-4-2-1-3-5-14/h1-7,12H,8,10-11,13H2,(H,22,25)(H,23,26). The van der Waals surface area contributed by atoms with E-state index < -0.39 is 0 Å². The summed E-state index contributed by atoms with van der Waals surface area (Å²) in [6.45, 7) is 0.617. The average Bonchev–Trinajstić information content (AvgIpc) is 3.07. The molecule has 136 valence electrons. The fourth-order valence-electron chi connectivity index (χ4n) is 2.60. The molecule has 2 N–H and O–H groups in total. The quantitative estimate of drug-likeness (QED) is 0.618. The Hall–Kier alpha value is -3.24. The van der Waals surface area contributed by atoms with Crippen LogP contribution in [0, 0.1) is 11.3 Å². The summed E-state index contributed by atoms with van der Waals surface area (Å²) in [7, 11) is 0. The van der Waals surface area contributed by atoms with Crippen LogP contribution in [0.5, 0.6) is 0 Å². The molecule has 0 aliphatic rings. The average molecular weight is 378 g/mol. The highest BCUT2D eigenvalue weighted by atomic mass is 32.1. The first-order valence-electron chi connectivity index (χ1n) is 8.51. The predicted octanol–water partition coefficient (Wildman–Crippen LogP) is 2.65. The van der Waals surface area contributed by atoms with Crippen molar-refractivity contribution >= 4 is 33.4 Å². The van der Waals surface area contributed by atoms with Gasteiger partial charge in [-0.2, -0.15) is 5.26 Å². The number of hydrogen-bond donors (Lipinski definition) is 2. The van der Waals surface area contributed by atoms with E-state index in [-0.39, 0.29) is 24.7 Å². The minimum Gasteiger partial charge on any atom is -0.354 e. The highest BCUT2D eigenvalue weighted by molar-refractivity contribution is 7.18. The molecule has 0 fully saturated rings. The normalized spacial score (nSPS) is 10.3. The Morgan fingerprint density at radius 1 is 1.00 bits per heavy atom. The number of benzene rings is 2. The lowest BCUT2D eigenvalue weighted by Gasteiger charge is -2.04. The lowest BCUT2D eigenvalue weighted by Crippen LogP contribution is -2.35. The van der Waals surface area contributed by atoms with Gasteiger partial charge in [0.15, 0.2) is 0 Å². The molecule has 1 heterocycles. The van der Waals surface area contributed by atoms with Gasteiger partial charge in [-0.3, -0.25) is 9.59 Å². The van der Waals surface area contributed by atoms with Gasteiger partial charge in [-0.1, -0.05) is 36.4 Å². The highest BCUT2D eigenvalue weighted by Gasteiger charge is 2.10. The van der Waals surface area contributed by atoms with Gasteiger partial charge in [0.2, 0.25) is 11.8 Å². The van der Waals surface area contributed by atoms with E-state index >= 15 is 0 Å². The van der Waals surface area contributed by atoms with Crippen molar-refractivity contribution in [1.82, 2.24) is 15.6 Å². The van der Waals surface area contributed by atoms with Crippen molar-refractivity contribution in [1.29, 1.82) is 5.26 Å². The van der Waals surface area contributed by atoms with Crippen LogP contribution in [0.4, 0.5) is 0 Å². The maximum absolute atomic E-state index is 12.0. The lowest BCUT2D eigenvalue weighted by atomic mass is 10.1. The Balaban J connectivity index is 1.57. The Morgan fingerprint density at radius 2 is 1.74 bits per heavy atom. The van der Waals surface area contributed by atoms with Crippen LogP contribution in [0.25, 0.3) is 21.3 Å². The maximum atomic E-state index is 12.0. The SMILES string of the molecule is N#CCC(=O)NCCNC(=O)Cc1nc2ccc(-c3ccccc3)cc2s1. The predicted molar refractivity (Wildman–Crippen MR) is 105 cm³/mol. The van der Waals surface area contributed by atoms with Crippen LogP contribution < -0.4 is 10.6 Å². The lowest BCUT2D eigenvalue weighted by molar-refractivity contribution is -0.122. The van der Waals surface area contributed by atoms with Gasteiger partial charge in [-0.05, 0) is 23.3 Å². The molecule has 3 rings (SSSR count). The molecule has 0 saturated heterocycles. The molecule has 0 saturated carbocycles. The van der Waals surface area contributed by atoms with E-state index in [1.54, 1.807) is 6.07 Å². The number of amides is 2. The summed E-state index contributed by atoms with van der Waals surface area (Å²) in [6, 6.07) is 18.0. The molecule has 0 spiro atoms. The summed E-state index contributed by atoms with van der Waals surface area (Å²) >= 11 is 1.51. The van der Waals surface area contributed by atoms with Crippen LogP contribution in [0.3, 0.4) is 0 Å². The zero-order valence-electron chi connectivity index (χ0n) is 14.6. The van der Waals surface area contributed by atoms with Gasteiger partial charge in [0.25, 0.3) is 0 Å². The summed E-state index contributed by atoms with van der Waals surface area (Å²) in [5, 5.41) is 14.4. The Labute approximate surface area is 160 Å². The number of carbonyl (C=O) groups excluding carboxylic acids is 2. The molecule has 1 aromatic heterocycles. The number of carbonyl (C=O) groups is 2. The summed E-state index contributed by atoms with van der Waals surface area (Å²) < 4.78 is 1.04. The van der Waals surface area contributed by atoms with E-state index in [2.05, 4.69) is 33.8 Å². The minimum absolute atomic E-state index is 0.146. The summed E-state index contributed by atoms with van der Waals surface area (Å²) in [4.78, 5) is 27.7. The first kappa shape index (κ1) is 18.5. The second-order valence-corrected chi connectivity index (χ2v) is 6.98. The maximum Gasteiger partial charge on any atom is 0.234 e. The van der Waals surface area contributed by atoms with Crippen molar-refractivity contribution < 1.29 is 9.59 Å². The van der Waals surface area contributed by atoms with Crippen molar-refractivity contribution in [3.63, 3.8) is 0 Å². The van der Waals surface area contributed by atoms with Crippen molar-refractivity contribution in [3.05, 3.63) is 53.5 Å². The molecule has 0 aliphatic carbocycles. The molecule has 0 atom stereocenters. The van der Waals surface area contributed by atoms with E-state index in [1.807, 2.05) is 30.3 Å². The molecule has 3 aromatic rings. The second kappa shape index (κ2) is 8.92. The fourth-order valence-corrected chi connectivity index (χ4v) is 3.60. The van der Waals surface area contributed by atoms with Crippen molar-refractivity contribution in [2.45, 2.75) is 12.8 Å². The molecule has 7 heteroatoms. The third-order valence-corrected chi connectivity index (χ3v) is 4.88. The van der Waals surface area contributed by atoms with Gasteiger partial charge < -0.3 is 10.6 Å². The first-order valence-corrected chi connectivity index (χ1v) is 9.32. The molecule has 0 radical (unpaired) electrons. The minimum atomic E-state index is -0.341. The number of aromatic nitrogens is 1. The molecule has 27 heavy (non-hydrogen) atoms. The van der Waals surface area contributed by atoms with Gasteiger partial charge in [0.05, 0.1) is 22.7 Å². The van der Waals surface area contributed by atoms with Crippen molar-refractivity contribution in [2.24, 2.45) is 0 Å². The summed E-state index contributed by atoms with van der Waals surface area (Å²) in [5.74, 6) is -0.487. The zero-order valence-corrected chi connectivity index (χ0v) is 15.4. The Morgan fingerprint density at radius 3 is 2.48 bits per heavy atom. The topological polar surface area (TPSA) is 94.9 Å². The number of rotatable bonds is 7. The van der Waals surface area contributed by atoms with Gasteiger partial charge in [-0.25, -0.2) is 4.98 Å². The van der Waals surface area contributed by atoms with Gasteiger partial charge in [-0.15, -0.1) is 11.3 Å². The number of thiazole rings is 1. The van der Waals surface area contributed by atoms with Crippen LogP contribution in [-0.2, 0) is 16.0 Å². The van der Waals surface area contributed by atoms with Gasteiger partial charge in [0.1, 0.15) is 11.4 Å². The highest BCUT2D eigenvalue weighted by Crippen LogP contribution is 2.28. The van der Waals surface area contributed by atoms with E-state index in [9.17, 15) is 9.59 Å². The molecule has 2 amide bonds. The number of nitrogens with zero attached hydrogens (tertiary/aromatic N) is 2. The van der Waals surface area contributed by atoms with E-state index in [4.69, 9.17) is 5.26 Å². The Bertz CT molecular complexity index is 992. The zero-order chi connectivity index (χ0) is 19.1. The fraction of sp³-hybridized carbons (Fsp3) is 0.200. The monoisotopic (exact) mass is 378 g/mol. The third-order valence-electron chi connectivity index (χ3n) is 3.86. The van der Waals surface area contributed by atoms with Crippen LogP contribution in [0.1, 0.15) is 11.4 Å². The summed E-state index contributed by atoms with van der Waals surface area (Å²) in [6.07, 6.45) is 0.0246. The summed E-state index contributed by atoms with van der Waals surface area (Å²) in [5.41, 5.74) is 3.15. The number of hydrogen-bond acceptors (Lipinski definition) is 5. The van der Waals surface area contributed by atoms with E-state index in [1.165, 1.54) is 11.3 Å². The van der Waals surface area contributed by atoms with E-state index in [0.29, 0.717) is 13.1 Å². The molecular weight excluding hydrogens is 360 g/mol. The van der Waals surface area contributed by atoms with Gasteiger partial charge >= 0.3 is 0 Å². The largest absolute Gasteiger partial charge is 0.354 e. The van der Waals surface area contributed by atoms with Crippen LogP contribution in [0.15, 0.2) is 48.5 Å². The number of nitrogens with one attached hydrogen (secondary N) is 2. The molecule has 0 aliphatic heterocycles. The van der Waals surface area contributed by atoms with Crippen LogP contribution >= 0.6 is 11.3 Å². The molecule has 0 unspecified atom stereocenters. The second-order valence-electron chi connectivity index (χ2n) is 5.87. The third kappa shape index (κ3) is 5.12. The van der Waals surface area contributed by atoms with Crippen molar-refractivity contribution in [3.8, 4) is 17.2 Å². The molecular formula is C20H18N4O2S. The molecule has 6 nitrogen and oxygen atoms in total. The van der Waals surface area contributed by atoms with Gasteiger partial charge in [0, 0.05) is 13.1 Å². The van der Waals surface area contributed by atoms with Crippen molar-refractivity contribution in [2.75, 3.05) is 13.1 Å².